The number of carbonyl (C=O) groups excluding carboxylic acids is 1. The molecule has 0 N–H and O–H groups in total. The normalized spacial score (nSPS) is 13.0. The average molecular weight is 334 g/mol. The van der Waals surface area contributed by atoms with E-state index in [0.29, 0.717) is 18.7 Å². The maximum absolute atomic E-state index is 12.6. The fourth-order valence-electron chi connectivity index (χ4n) is 2.65. The molecule has 0 unspecified atom stereocenters. The number of amides is 1. The van der Waals surface area contributed by atoms with E-state index in [1.54, 1.807) is 6.07 Å². The van der Waals surface area contributed by atoms with Crippen LogP contribution in [0.4, 0.5) is 20.2 Å². The van der Waals surface area contributed by atoms with Gasteiger partial charge in [-0.15, -0.1) is 0 Å². The quantitative estimate of drug-likeness (QED) is 0.634. The molecule has 0 atom stereocenters. The largest absolute Gasteiger partial charge is 0.435 e. The van der Waals surface area contributed by atoms with E-state index >= 15 is 0 Å². The molecular weight excluding hydrogens is 322 g/mol. The van der Waals surface area contributed by atoms with Gasteiger partial charge in [-0.05, 0) is 30.2 Å². The molecule has 2 aromatic rings. The van der Waals surface area contributed by atoms with Crippen LogP contribution in [0.3, 0.4) is 0 Å². The summed E-state index contributed by atoms with van der Waals surface area (Å²) in [5.41, 5.74) is 1.36. The number of nitro groups is 1. The Bertz CT molecular complexity index is 810. The number of nitro benzene ring substituents is 1. The fourth-order valence-corrected chi connectivity index (χ4v) is 2.65. The van der Waals surface area contributed by atoms with E-state index < -0.39 is 17.4 Å². The molecule has 2 aromatic carbocycles. The van der Waals surface area contributed by atoms with Crippen LogP contribution in [-0.4, -0.2) is 24.0 Å². The fraction of sp³-hybridized carbons (Fsp3) is 0.188. The summed E-state index contributed by atoms with van der Waals surface area (Å²) in [6.07, 6.45) is 0.576. The van der Waals surface area contributed by atoms with Crippen LogP contribution >= 0.6 is 0 Å². The molecule has 0 bridgehead atoms. The average Bonchev–Trinajstić information content (AvgIpc) is 2.96. The first-order chi connectivity index (χ1) is 11.5. The van der Waals surface area contributed by atoms with Gasteiger partial charge in [0, 0.05) is 24.2 Å². The molecule has 1 amide bonds. The minimum Gasteiger partial charge on any atom is -0.435 e. The summed E-state index contributed by atoms with van der Waals surface area (Å²) in [5, 5.41) is 10.9. The molecule has 6 nitrogen and oxygen atoms in total. The van der Waals surface area contributed by atoms with E-state index in [4.69, 9.17) is 0 Å². The monoisotopic (exact) mass is 334 g/mol. The van der Waals surface area contributed by atoms with Crippen molar-refractivity contribution in [2.24, 2.45) is 0 Å². The van der Waals surface area contributed by atoms with Crippen LogP contribution in [0.15, 0.2) is 42.5 Å². The van der Waals surface area contributed by atoms with Crippen molar-refractivity contribution in [2.75, 3.05) is 11.4 Å². The molecule has 0 aromatic heterocycles. The van der Waals surface area contributed by atoms with Gasteiger partial charge in [0.25, 0.3) is 11.6 Å². The van der Waals surface area contributed by atoms with Gasteiger partial charge in [-0.25, -0.2) is 0 Å². The Labute approximate surface area is 135 Å². The zero-order valence-corrected chi connectivity index (χ0v) is 12.3. The first-order valence-corrected chi connectivity index (χ1v) is 7.10. The summed E-state index contributed by atoms with van der Waals surface area (Å²) in [7, 11) is 0. The SMILES string of the molecule is O=C(c1cccc(OC(F)F)c1)N1CCc2ccc([N+](=O)[O-])cc21. The molecule has 1 aliphatic rings. The minimum atomic E-state index is -2.98. The predicted molar refractivity (Wildman–Crippen MR) is 81.6 cm³/mol. The second-order valence-corrected chi connectivity index (χ2v) is 5.18. The lowest BCUT2D eigenvalue weighted by atomic mass is 10.1. The van der Waals surface area contributed by atoms with Crippen molar-refractivity contribution < 1.29 is 23.2 Å². The van der Waals surface area contributed by atoms with Crippen molar-refractivity contribution in [3.63, 3.8) is 0 Å². The van der Waals surface area contributed by atoms with Crippen molar-refractivity contribution in [3.8, 4) is 5.75 Å². The van der Waals surface area contributed by atoms with Crippen molar-refractivity contribution in [1.29, 1.82) is 0 Å². The lowest BCUT2D eigenvalue weighted by Crippen LogP contribution is -2.28. The zero-order valence-electron chi connectivity index (χ0n) is 12.3. The lowest BCUT2D eigenvalue weighted by molar-refractivity contribution is -0.384. The number of alkyl halides is 2. The van der Waals surface area contributed by atoms with Crippen LogP contribution in [-0.2, 0) is 6.42 Å². The maximum atomic E-state index is 12.6. The van der Waals surface area contributed by atoms with E-state index in [2.05, 4.69) is 4.74 Å². The number of benzene rings is 2. The number of hydrogen-bond donors (Lipinski definition) is 0. The molecule has 24 heavy (non-hydrogen) atoms. The minimum absolute atomic E-state index is 0.108. The molecule has 1 aliphatic heterocycles. The topological polar surface area (TPSA) is 72.7 Å². The van der Waals surface area contributed by atoms with Gasteiger partial charge in [0.1, 0.15) is 5.75 Å². The number of non-ortho nitro benzene ring substituents is 1. The van der Waals surface area contributed by atoms with E-state index in [0.717, 1.165) is 5.56 Å². The van der Waals surface area contributed by atoms with E-state index in [-0.39, 0.29) is 17.0 Å². The molecule has 3 rings (SSSR count). The Morgan fingerprint density at radius 1 is 1.25 bits per heavy atom. The van der Waals surface area contributed by atoms with Gasteiger partial charge in [-0.1, -0.05) is 12.1 Å². The van der Waals surface area contributed by atoms with Gasteiger partial charge in [-0.2, -0.15) is 8.78 Å². The molecule has 0 aliphatic carbocycles. The third-order valence-corrected chi connectivity index (χ3v) is 3.73. The molecule has 0 spiro atoms. The second kappa shape index (κ2) is 6.23. The van der Waals surface area contributed by atoms with Crippen LogP contribution in [0.25, 0.3) is 0 Å². The first-order valence-electron chi connectivity index (χ1n) is 7.10. The van der Waals surface area contributed by atoms with Crippen molar-refractivity contribution in [3.05, 3.63) is 63.7 Å². The lowest BCUT2D eigenvalue weighted by Gasteiger charge is -2.17. The highest BCUT2D eigenvalue weighted by Crippen LogP contribution is 2.33. The Hall–Kier alpha value is -3.03. The van der Waals surface area contributed by atoms with E-state index in [9.17, 15) is 23.7 Å². The first kappa shape index (κ1) is 15.9. The molecule has 0 fully saturated rings. The highest BCUT2D eigenvalue weighted by atomic mass is 19.3. The molecule has 0 saturated heterocycles. The number of ether oxygens (including phenoxy) is 1. The molecule has 0 saturated carbocycles. The van der Waals surface area contributed by atoms with Crippen LogP contribution in [0.5, 0.6) is 5.75 Å². The van der Waals surface area contributed by atoms with Crippen LogP contribution in [0, 0.1) is 10.1 Å². The van der Waals surface area contributed by atoms with Gasteiger partial charge < -0.3 is 9.64 Å². The number of fused-ring (bicyclic) bond motifs is 1. The smallest absolute Gasteiger partial charge is 0.387 e. The summed E-state index contributed by atoms with van der Waals surface area (Å²) in [5.74, 6) is -0.539. The standard InChI is InChI=1S/C16H12F2N2O4/c17-16(18)24-13-3-1-2-11(8-13)15(21)19-7-6-10-4-5-12(20(22)23)9-14(10)19/h1-5,8-9,16H,6-7H2. The maximum Gasteiger partial charge on any atom is 0.387 e. The van der Waals surface area contributed by atoms with E-state index in [1.807, 2.05) is 0 Å². The number of anilines is 1. The summed E-state index contributed by atoms with van der Waals surface area (Å²) in [4.78, 5) is 24.4. The summed E-state index contributed by atoms with van der Waals surface area (Å²) < 4.78 is 28.9. The van der Waals surface area contributed by atoms with Gasteiger partial charge in [0.15, 0.2) is 0 Å². The summed E-state index contributed by atoms with van der Waals surface area (Å²) >= 11 is 0. The Balaban J connectivity index is 1.90. The number of nitrogens with zero attached hydrogens (tertiary/aromatic N) is 2. The third-order valence-electron chi connectivity index (χ3n) is 3.73. The summed E-state index contributed by atoms with van der Waals surface area (Å²) in [6, 6.07) is 9.83. The van der Waals surface area contributed by atoms with Gasteiger partial charge in [0.2, 0.25) is 0 Å². The van der Waals surface area contributed by atoms with Crippen molar-refractivity contribution >= 4 is 17.3 Å². The molecule has 124 valence electrons. The van der Waals surface area contributed by atoms with Crippen LogP contribution in [0.2, 0.25) is 0 Å². The van der Waals surface area contributed by atoms with Crippen LogP contribution < -0.4 is 9.64 Å². The highest BCUT2D eigenvalue weighted by molar-refractivity contribution is 6.07. The van der Waals surface area contributed by atoms with Crippen molar-refractivity contribution in [1.82, 2.24) is 0 Å². The highest BCUT2D eigenvalue weighted by Gasteiger charge is 2.27. The molecule has 1 heterocycles. The van der Waals surface area contributed by atoms with E-state index in [1.165, 1.54) is 41.3 Å². The number of rotatable bonds is 4. The predicted octanol–water partition coefficient (Wildman–Crippen LogP) is 3.40. The number of hydrogen-bond acceptors (Lipinski definition) is 4. The number of carbonyl (C=O) groups is 1. The van der Waals surface area contributed by atoms with Crippen molar-refractivity contribution in [2.45, 2.75) is 13.0 Å². The Morgan fingerprint density at radius 2 is 2.04 bits per heavy atom. The summed E-state index contributed by atoms with van der Waals surface area (Å²) in [6.45, 7) is -2.61. The zero-order chi connectivity index (χ0) is 17.3. The number of halogens is 2. The molecule has 0 radical (unpaired) electrons. The van der Waals surface area contributed by atoms with Gasteiger partial charge >= 0.3 is 6.61 Å². The van der Waals surface area contributed by atoms with Gasteiger partial charge in [-0.3, -0.25) is 14.9 Å². The Morgan fingerprint density at radius 3 is 2.75 bits per heavy atom. The Kier molecular flexibility index (Phi) is 4.11. The third kappa shape index (κ3) is 3.03. The molecular formula is C16H12F2N2O4. The van der Waals surface area contributed by atoms with Gasteiger partial charge in [0.05, 0.1) is 10.6 Å². The molecule has 8 heteroatoms. The second-order valence-electron chi connectivity index (χ2n) is 5.18. The van der Waals surface area contributed by atoms with Crippen LogP contribution in [0.1, 0.15) is 15.9 Å².